The minimum absolute atomic E-state index is 0.0229. The van der Waals surface area contributed by atoms with Gasteiger partial charge in [0, 0.05) is 12.7 Å². The van der Waals surface area contributed by atoms with Gasteiger partial charge in [0.1, 0.15) is 17.7 Å². The third-order valence-electron chi connectivity index (χ3n) is 4.46. The zero-order valence-electron chi connectivity index (χ0n) is 14.1. The number of nitrogens with zero attached hydrogens (tertiary/aromatic N) is 3. The Hall–Kier alpha value is -2.86. The summed E-state index contributed by atoms with van der Waals surface area (Å²) in [4.78, 5) is 10.8. The standard InChI is InChI=1S/C19H20N4O2/c1-24-16-5-4-13-10-15(3-2-14(13)11-16)17-12-23(8-9-25-17)19-21-7-6-18(20)22-19/h2-7,10-11,17H,8-9,12H2,1H3,(H2,20,21,22)/t17-/m1/s1. The van der Waals surface area contributed by atoms with Crippen molar-refractivity contribution in [2.75, 3.05) is 37.4 Å². The van der Waals surface area contributed by atoms with Gasteiger partial charge < -0.3 is 20.1 Å². The van der Waals surface area contributed by atoms with Crippen LogP contribution in [0.1, 0.15) is 11.7 Å². The fraction of sp³-hybridized carbons (Fsp3) is 0.263. The van der Waals surface area contributed by atoms with Crippen LogP contribution in [0.4, 0.5) is 11.8 Å². The number of fused-ring (bicyclic) bond motifs is 1. The highest BCUT2D eigenvalue weighted by molar-refractivity contribution is 5.84. The van der Waals surface area contributed by atoms with Crippen molar-refractivity contribution in [1.29, 1.82) is 0 Å². The molecule has 1 saturated heterocycles. The smallest absolute Gasteiger partial charge is 0.227 e. The molecule has 6 nitrogen and oxygen atoms in total. The summed E-state index contributed by atoms with van der Waals surface area (Å²) in [6.07, 6.45) is 1.66. The lowest BCUT2D eigenvalue weighted by molar-refractivity contribution is 0.0393. The first kappa shape index (κ1) is 15.7. The molecular weight excluding hydrogens is 316 g/mol. The lowest BCUT2D eigenvalue weighted by atomic mass is 10.0. The minimum atomic E-state index is -0.0229. The molecule has 0 saturated carbocycles. The second-order valence-electron chi connectivity index (χ2n) is 6.06. The minimum Gasteiger partial charge on any atom is -0.497 e. The summed E-state index contributed by atoms with van der Waals surface area (Å²) in [7, 11) is 1.68. The van der Waals surface area contributed by atoms with Crippen LogP contribution in [0.3, 0.4) is 0 Å². The monoisotopic (exact) mass is 336 g/mol. The lowest BCUT2D eigenvalue weighted by Gasteiger charge is -2.33. The number of anilines is 2. The number of aromatic nitrogens is 2. The van der Waals surface area contributed by atoms with Crippen molar-refractivity contribution in [1.82, 2.24) is 9.97 Å². The fourth-order valence-corrected chi connectivity index (χ4v) is 3.12. The van der Waals surface area contributed by atoms with E-state index in [0.717, 1.165) is 23.2 Å². The van der Waals surface area contributed by atoms with Crippen molar-refractivity contribution in [2.24, 2.45) is 0 Å². The molecule has 2 N–H and O–H groups in total. The molecule has 2 aromatic carbocycles. The van der Waals surface area contributed by atoms with Gasteiger partial charge in [0.2, 0.25) is 5.95 Å². The number of methoxy groups -OCH3 is 1. The normalized spacial score (nSPS) is 17.6. The predicted octanol–water partition coefficient (Wildman–Crippen LogP) is 2.80. The molecule has 0 aliphatic carbocycles. The third kappa shape index (κ3) is 3.21. The number of hydrogen-bond acceptors (Lipinski definition) is 6. The van der Waals surface area contributed by atoms with Crippen molar-refractivity contribution >= 4 is 22.5 Å². The molecule has 0 unspecified atom stereocenters. The van der Waals surface area contributed by atoms with E-state index >= 15 is 0 Å². The van der Waals surface area contributed by atoms with Crippen molar-refractivity contribution in [3.8, 4) is 5.75 Å². The van der Waals surface area contributed by atoms with E-state index in [0.29, 0.717) is 24.9 Å². The maximum atomic E-state index is 5.99. The van der Waals surface area contributed by atoms with Crippen LogP contribution in [0.2, 0.25) is 0 Å². The number of ether oxygens (including phenoxy) is 2. The zero-order chi connectivity index (χ0) is 17.2. The van der Waals surface area contributed by atoms with Gasteiger partial charge in [-0.15, -0.1) is 0 Å². The summed E-state index contributed by atoms with van der Waals surface area (Å²) in [6, 6.07) is 14.2. The van der Waals surface area contributed by atoms with E-state index in [2.05, 4.69) is 39.1 Å². The summed E-state index contributed by atoms with van der Waals surface area (Å²) >= 11 is 0. The van der Waals surface area contributed by atoms with Gasteiger partial charge in [0.25, 0.3) is 0 Å². The number of benzene rings is 2. The molecule has 0 amide bonds. The summed E-state index contributed by atoms with van der Waals surface area (Å²) in [5, 5.41) is 2.31. The first-order valence-corrected chi connectivity index (χ1v) is 8.26. The van der Waals surface area contributed by atoms with E-state index in [4.69, 9.17) is 15.2 Å². The van der Waals surface area contributed by atoms with Gasteiger partial charge in [-0.2, -0.15) is 4.98 Å². The van der Waals surface area contributed by atoms with Gasteiger partial charge >= 0.3 is 0 Å². The molecule has 6 heteroatoms. The average molecular weight is 336 g/mol. The van der Waals surface area contributed by atoms with Gasteiger partial charge in [0.05, 0.1) is 20.3 Å². The number of hydrogen-bond donors (Lipinski definition) is 1. The maximum absolute atomic E-state index is 5.99. The molecule has 0 spiro atoms. The molecule has 1 aliphatic rings. The van der Waals surface area contributed by atoms with Crippen LogP contribution in [0.25, 0.3) is 10.8 Å². The number of morpholine rings is 1. The molecule has 1 aliphatic heterocycles. The van der Waals surface area contributed by atoms with Crippen LogP contribution in [0.15, 0.2) is 48.7 Å². The quantitative estimate of drug-likeness (QED) is 0.793. The second kappa shape index (κ2) is 6.57. The lowest BCUT2D eigenvalue weighted by Crippen LogP contribution is -2.39. The molecule has 1 fully saturated rings. The number of rotatable bonds is 3. The van der Waals surface area contributed by atoms with Gasteiger partial charge in [-0.05, 0) is 40.6 Å². The second-order valence-corrected chi connectivity index (χ2v) is 6.06. The van der Waals surface area contributed by atoms with Crippen LogP contribution >= 0.6 is 0 Å². The SMILES string of the molecule is COc1ccc2cc([C@H]3CN(c4nccc(N)n4)CCO3)ccc2c1. The first-order valence-electron chi connectivity index (χ1n) is 8.26. The van der Waals surface area contributed by atoms with Crippen LogP contribution in [-0.4, -0.2) is 36.8 Å². The highest BCUT2D eigenvalue weighted by Crippen LogP contribution is 2.28. The molecule has 0 bridgehead atoms. The largest absolute Gasteiger partial charge is 0.497 e. The van der Waals surface area contributed by atoms with E-state index in [-0.39, 0.29) is 6.10 Å². The Balaban J connectivity index is 1.59. The third-order valence-corrected chi connectivity index (χ3v) is 4.46. The predicted molar refractivity (Wildman–Crippen MR) is 97.9 cm³/mol. The molecular formula is C19H20N4O2. The molecule has 4 rings (SSSR count). The molecule has 1 aromatic heterocycles. The average Bonchev–Trinajstić information content (AvgIpc) is 2.67. The van der Waals surface area contributed by atoms with Crippen LogP contribution in [0, 0.1) is 0 Å². The highest BCUT2D eigenvalue weighted by atomic mass is 16.5. The van der Waals surface area contributed by atoms with Gasteiger partial charge in [0.15, 0.2) is 0 Å². The Labute approximate surface area is 146 Å². The Kier molecular flexibility index (Phi) is 4.11. The van der Waals surface area contributed by atoms with Crippen molar-refractivity contribution < 1.29 is 9.47 Å². The van der Waals surface area contributed by atoms with Gasteiger partial charge in [-0.1, -0.05) is 18.2 Å². The Morgan fingerprint density at radius 2 is 2.00 bits per heavy atom. The molecule has 2 heterocycles. The summed E-state index contributed by atoms with van der Waals surface area (Å²) in [5.74, 6) is 1.99. The molecule has 1 atom stereocenters. The molecule has 128 valence electrons. The maximum Gasteiger partial charge on any atom is 0.227 e. The van der Waals surface area contributed by atoms with Crippen LogP contribution in [-0.2, 0) is 4.74 Å². The fourth-order valence-electron chi connectivity index (χ4n) is 3.12. The number of nitrogens with two attached hydrogens (primary N) is 1. The van der Waals surface area contributed by atoms with E-state index in [1.807, 2.05) is 12.1 Å². The van der Waals surface area contributed by atoms with E-state index in [1.165, 1.54) is 5.39 Å². The Bertz CT molecular complexity index is 899. The number of nitrogen functional groups attached to an aromatic ring is 1. The molecule has 0 radical (unpaired) electrons. The topological polar surface area (TPSA) is 73.5 Å². The van der Waals surface area contributed by atoms with E-state index < -0.39 is 0 Å². The van der Waals surface area contributed by atoms with Gasteiger partial charge in [-0.25, -0.2) is 4.98 Å². The van der Waals surface area contributed by atoms with Crippen molar-refractivity contribution in [3.05, 3.63) is 54.2 Å². The highest BCUT2D eigenvalue weighted by Gasteiger charge is 2.24. The molecule has 3 aromatic rings. The summed E-state index contributed by atoms with van der Waals surface area (Å²) in [6.45, 7) is 2.08. The summed E-state index contributed by atoms with van der Waals surface area (Å²) < 4.78 is 11.3. The van der Waals surface area contributed by atoms with Crippen LogP contribution in [0.5, 0.6) is 5.75 Å². The van der Waals surface area contributed by atoms with Crippen molar-refractivity contribution in [2.45, 2.75) is 6.10 Å². The van der Waals surface area contributed by atoms with E-state index in [9.17, 15) is 0 Å². The first-order chi connectivity index (χ1) is 12.2. The molecule has 25 heavy (non-hydrogen) atoms. The van der Waals surface area contributed by atoms with E-state index in [1.54, 1.807) is 19.4 Å². The Morgan fingerprint density at radius 3 is 2.84 bits per heavy atom. The summed E-state index contributed by atoms with van der Waals surface area (Å²) in [5.41, 5.74) is 6.92. The Morgan fingerprint density at radius 1 is 1.16 bits per heavy atom. The van der Waals surface area contributed by atoms with Crippen LogP contribution < -0.4 is 15.4 Å². The van der Waals surface area contributed by atoms with Crippen molar-refractivity contribution in [3.63, 3.8) is 0 Å². The zero-order valence-corrected chi connectivity index (χ0v) is 14.1. The van der Waals surface area contributed by atoms with Gasteiger partial charge in [-0.3, -0.25) is 0 Å².